The minimum Gasteiger partial charge on any atom is -0.396 e. The van der Waals surface area contributed by atoms with Gasteiger partial charge in [-0.05, 0) is 24.1 Å². The van der Waals surface area contributed by atoms with Crippen LogP contribution in [0.15, 0.2) is 28.9 Å². The highest BCUT2D eigenvalue weighted by Gasteiger charge is 2.15. The van der Waals surface area contributed by atoms with Crippen LogP contribution in [0.2, 0.25) is 0 Å². The Morgan fingerprint density at radius 3 is 2.79 bits per heavy atom. The molecule has 0 radical (unpaired) electrons. The second-order valence-electron chi connectivity index (χ2n) is 4.93. The van der Waals surface area contributed by atoms with Gasteiger partial charge in [0.05, 0.1) is 35.7 Å². The Hall–Kier alpha value is -1.33. The molecule has 1 atom stereocenters. The van der Waals surface area contributed by atoms with E-state index >= 15 is 0 Å². The summed E-state index contributed by atoms with van der Waals surface area (Å²) in [7, 11) is 0. The van der Waals surface area contributed by atoms with Gasteiger partial charge in [0.2, 0.25) is 0 Å². The maximum absolute atomic E-state index is 9.45. The topological polar surface area (TPSA) is 71.2 Å². The molecule has 0 aliphatic heterocycles. The average Bonchev–Trinajstić information content (AvgIpc) is 2.37. The lowest BCUT2D eigenvalue weighted by atomic mass is 10.0. The number of hydrogen-bond acceptors (Lipinski definition) is 4. The summed E-state index contributed by atoms with van der Waals surface area (Å²) in [4.78, 5) is 4.31. The molecule has 4 nitrogen and oxygen atoms in total. The van der Waals surface area contributed by atoms with E-state index < -0.39 is 0 Å². The van der Waals surface area contributed by atoms with Gasteiger partial charge in [0.25, 0.3) is 0 Å². The van der Waals surface area contributed by atoms with Gasteiger partial charge in [-0.1, -0.05) is 29.8 Å². The minimum atomic E-state index is -0.0353. The fourth-order valence-electron chi connectivity index (χ4n) is 1.95. The Balaban J connectivity index is 2.51. The molecule has 0 aliphatic rings. The fraction of sp³-hybridized carbons (Fsp3) is 0.357. The van der Waals surface area contributed by atoms with Crippen molar-refractivity contribution in [1.82, 2.24) is 4.98 Å². The van der Waals surface area contributed by atoms with Gasteiger partial charge in [-0.3, -0.25) is 4.98 Å². The van der Waals surface area contributed by atoms with Crippen LogP contribution in [0, 0.1) is 5.92 Å². The highest BCUT2D eigenvalue weighted by atomic mass is 79.9. The normalized spacial score (nSPS) is 12.9. The predicted octanol–water partition coefficient (Wildman–Crippen LogP) is 3.01. The van der Waals surface area contributed by atoms with Crippen molar-refractivity contribution in [3.05, 3.63) is 28.9 Å². The fourth-order valence-corrected chi connectivity index (χ4v) is 2.31. The number of aliphatic hydroxyl groups excluding tert-OH is 1. The molecule has 4 N–H and O–H groups in total. The van der Waals surface area contributed by atoms with Crippen molar-refractivity contribution in [2.24, 2.45) is 5.92 Å². The van der Waals surface area contributed by atoms with Gasteiger partial charge in [0.1, 0.15) is 0 Å². The van der Waals surface area contributed by atoms with Crippen LogP contribution in [-0.2, 0) is 0 Å². The summed E-state index contributed by atoms with van der Waals surface area (Å²) in [6.45, 7) is 4.18. The molecular weight excluding hydrogens is 306 g/mol. The number of nitrogens with one attached hydrogen (secondary N) is 1. The number of benzene rings is 1. The first-order chi connectivity index (χ1) is 9.02. The van der Waals surface area contributed by atoms with Gasteiger partial charge in [0.15, 0.2) is 0 Å². The zero-order valence-electron chi connectivity index (χ0n) is 11.0. The van der Waals surface area contributed by atoms with E-state index in [9.17, 15) is 5.11 Å². The van der Waals surface area contributed by atoms with E-state index in [1.165, 1.54) is 0 Å². The predicted molar refractivity (Wildman–Crippen MR) is 83.2 cm³/mol. The van der Waals surface area contributed by atoms with Crippen molar-refractivity contribution in [3.8, 4) is 0 Å². The number of fused-ring (bicyclic) bond motifs is 1. The molecule has 0 saturated heterocycles. The van der Waals surface area contributed by atoms with E-state index in [-0.39, 0.29) is 12.6 Å². The van der Waals surface area contributed by atoms with E-state index in [4.69, 9.17) is 5.73 Å². The molecule has 2 aromatic rings. The van der Waals surface area contributed by atoms with E-state index in [2.05, 4.69) is 40.1 Å². The Morgan fingerprint density at radius 1 is 1.42 bits per heavy atom. The third-order valence-corrected chi connectivity index (χ3v) is 3.68. The number of aliphatic hydroxyl groups is 1. The Kier molecular flexibility index (Phi) is 4.27. The lowest BCUT2D eigenvalue weighted by Crippen LogP contribution is -2.29. The molecule has 1 heterocycles. The summed E-state index contributed by atoms with van der Waals surface area (Å²) in [6.07, 6.45) is 1.65. The minimum absolute atomic E-state index is 0.0353. The summed E-state index contributed by atoms with van der Waals surface area (Å²) in [5.74, 6) is 0.305. The number of halogens is 1. The van der Waals surface area contributed by atoms with Crippen LogP contribution >= 0.6 is 15.9 Å². The molecular formula is C14H18BrN3O. The van der Waals surface area contributed by atoms with Crippen molar-refractivity contribution in [1.29, 1.82) is 0 Å². The van der Waals surface area contributed by atoms with Crippen LogP contribution in [0.3, 0.4) is 0 Å². The summed E-state index contributed by atoms with van der Waals surface area (Å²) in [6, 6.07) is 5.83. The maximum atomic E-state index is 9.45. The van der Waals surface area contributed by atoms with Crippen LogP contribution in [0.5, 0.6) is 0 Å². The van der Waals surface area contributed by atoms with Gasteiger partial charge in [-0.25, -0.2) is 0 Å². The molecule has 0 unspecified atom stereocenters. The second-order valence-corrected chi connectivity index (χ2v) is 5.84. The smallest absolute Gasteiger partial charge is 0.0743 e. The molecule has 102 valence electrons. The monoisotopic (exact) mass is 323 g/mol. The quantitative estimate of drug-likeness (QED) is 0.808. The van der Waals surface area contributed by atoms with Crippen molar-refractivity contribution in [3.63, 3.8) is 0 Å². The van der Waals surface area contributed by atoms with Gasteiger partial charge < -0.3 is 16.2 Å². The molecule has 0 aliphatic carbocycles. The molecule has 19 heavy (non-hydrogen) atoms. The number of rotatable bonds is 4. The molecule has 0 saturated carbocycles. The van der Waals surface area contributed by atoms with Crippen molar-refractivity contribution in [2.75, 3.05) is 17.7 Å². The van der Waals surface area contributed by atoms with Gasteiger partial charge in [-0.15, -0.1) is 0 Å². The molecule has 2 rings (SSSR count). The second kappa shape index (κ2) is 5.75. The molecule has 5 heteroatoms. The number of hydrogen-bond donors (Lipinski definition) is 3. The first-order valence-electron chi connectivity index (χ1n) is 6.24. The zero-order valence-corrected chi connectivity index (χ0v) is 12.6. The number of nitrogens with two attached hydrogens (primary N) is 1. The molecule has 0 spiro atoms. The SMILES string of the molecule is CC(C)[C@@H](CO)Nc1c(N)cnc2ccc(Br)cc12. The van der Waals surface area contributed by atoms with Crippen molar-refractivity contribution < 1.29 is 5.11 Å². The number of nitrogen functional groups attached to an aromatic ring is 1. The molecule has 1 aromatic carbocycles. The van der Waals surface area contributed by atoms with Crippen LogP contribution in [-0.4, -0.2) is 22.7 Å². The third kappa shape index (κ3) is 2.98. The van der Waals surface area contributed by atoms with Gasteiger partial charge >= 0.3 is 0 Å². The third-order valence-electron chi connectivity index (χ3n) is 3.19. The highest BCUT2D eigenvalue weighted by Crippen LogP contribution is 2.31. The van der Waals surface area contributed by atoms with Crippen LogP contribution < -0.4 is 11.1 Å². The zero-order chi connectivity index (χ0) is 14.0. The van der Waals surface area contributed by atoms with E-state index in [0.29, 0.717) is 11.6 Å². The van der Waals surface area contributed by atoms with Crippen LogP contribution in [0.1, 0.15) is 13.8 Å². The first kappa shape index (κ1) is 14.1. The first-order valence-corrected chi connectivity index (χ1v) is 7.03. The standard InChI is InChI=1S/C14H18BrN3O/c1-8(2)13(7-19)18-14-10-5-9(15)3-4-12(10)17-6-11(14)16/h3-6,8,13,19H,7,16H2,1-2H3,(H,17,18)/t13-/m1/s1. The number of anilines is 2. The number of pyridine rings is 1. The van der Waals surface area contributed by atoms with Gasteiger partial charge in [-0.2, -0.15) is 0 Å². The highest BCUT2D eigenvalue weighted by molar-refractivity contribution is 9.10. The van der Waals surface area contributed by atoms with E-state index in [1.807, 2.05) is 18.2 Å². The molecule has 0 bridgehead atoms. The van der Waals surface area contributed by atoms with Crippen molar-refractivity contribution >= 4 is 38.2 Å². The van der Waals surface area contributed by atoms with Crippen LogP contribution in [0.4, 0.5) is 11.4 Å². The molecule has 0 amide bonds. The lowest BCUT2D eigenvalue weighted by Gasteiger charge is -2.23. The molecule has 0 fully saturated rings. The summed E-state index contributed by atoms with van der Waals surface area (Å²) in [5.41, 5.74) is 8.31. The summed E-state index contributed by atoms with van der Waals surface area (Å²) < 4.78 is 0.973. The summed E-state index contributed by atoms with van der Waals surface area (Å²) in [5, 5.41) is 13.7. The summed E-state index contributed by atoms with van der Waals surface area (Å²) >= 11 is 3.46. The van der Waals surface area contributed by atoms with Crippen LogP contribution in [0.25, 0.3) is 10.9 Å². The average molecular weight is 324 g/mol. The molecule has 1 aromatic heterocycles. The lowest BCUT2D eigenvalue weighted by molar-refractivity contribution is 0.249. The van der Waals surface area contributed by atoms with E-state index in [0.717, 1.165) is 21.1 Å². The Labute approximate surface area is 121 Å². The number of aromatic nitrogens is 1. The van der Waals surface area contributed by atoms with Gasteiger partial charge in [0, 0.05) is 9.86 Å². The van der Waals surface area contributed by atoms with E-state index in [1.54, 1.807) is 6.20 Å². The maximum Gasteiger partial charge on any atom is 0.0743 e. The largest absolute Gasteiger partial charge is 0.396 e. The van der Waals surface area contributed by atoms with Crippen molar-refractivity contribution in [2.45, 2.75) is 19.9 Å². The Bertz CT molecular complexity index is 581. The Morgan fingerprint density at radius 2 is 2.16 bits per heavy atom. The number of nitrogens with zero attached hydrogens (tertiary/aromatic N) is 1.